The van der Waals surface area contributed by atoms with Crippen LogP contribution in [0.15, 0.2) is 12.2 Å². The van der Waals surface area contributed by atoms with Gasteiger partial charge in [0.05, 0.1) is 19.8 Å². The standard InChI is InChI=1S/C40H77O10P/c1-3-5-7-9-11-13-15-17-19-21-23-25-27-29-31-39(43)47-35-38(36-49-51(45,46)48-34-37(42)33-41)50-40(44)32-30-28-26-24-22-20-18-16-14-12-10-8-6-4-2/h16,18,37-38,41-42H,3-15,17,19-36H2,1-2H3,(H,45,46)/b18-16+/t37-,38+/m0/s1. The highest BCUT2D eigenvalue weighted by Crippen LogP contribution is 2.43. The number of hydrogen-bond acceptors (Lipinski definition) is 9. The molecule has 0 rings (SSSR count). The molecule has 0 saturated carbocycles. The number of aliphatic hydroxyl groups is 2. The van der Waals surface area contributed by atoms with E-state index in [4.69, 9.17) is 19.1 Å². The van der Waals surface area contributed by atoms with Gasteiger partial charge in [0, 0.05) is 12.8 Å². The van der Waals surface area contributed by atoms with Gasteiger partial charge in [-0.15, -0.1) is 0 Å². The molecular weight excluding hydrogens is 671 g/mol. The summed E-state index contributed by atoms with van der Waals surface area (Å²) in [5.41, 5.74) is 0. The quantitative estimate of drug-likeness (QED) is 0.0240. The van der Waals surface area contributed by atoms with E-state index >= 15 is 0 Å². The van der Waals surface area contributed by atoms with Crippen LogP contribution in [0.2, 0.25) is 0 Å². The highest BCUT2D eigenvalue weighted by Gasteiger charge is 2.27. The Morgan fingerprint density at radius 3 is 1.41 bits per heavy atom. The van der Waals surface area contributed by atoms with Gasteiger partial charge in [-0.2, -0.15) is 0 Å². The van der Waals surface area contributed by atoms with Gasteiger partial charge >= 0.3 is 19.8 Å². The fourth-order valence-electron chi connectivity index (χ4n) is 5.69. The molecule has 10 nitrogen and oxygen atoms in total. The Kier molecular flexibility index (Phi) is 36.1. The van der Waals surface area contributed by atoms with E-state index in [1.165, 1.54) is 96.3 Å². The zero-order valence-corrected chi connectivity index (χ0v) is 33.5. The third kappa shape index (κ3) is 36.8. The fraction of sp³-hybridized carbons (Fsp3) is 0.900. The molecule has 0 radical (unpaired) electrons. The topological polar surface area (TPSA) is 149 Å². The number of esters is 2. The van der Waals surface area contributed by atoms with Crippen molar-refractivity contribution in [2.24, 2.45) is 0 Å². The molecule has 0 aliphatic rings. The summed E-state index contributed by atoms with van der Waals surface area (Å²) in [4.78, 5) is 34.9. The predicted molar refractivity (Wildman–Crippen MR) is 205 cm³/mol. The van der Waals surface area contributed by atoms with Gasteiger partial charge in [-0.3, -0.25) is 18.6 Å². The monoisotopic (exact) mass is 749 g/mol. The molecule has 1 unspecified atom stereocenters. The Morgan fingerprint density at radius 2 is 0.961 bits per heavy atom. The molecule has 0 aliphatic carbocycles. The third-order valence-corrected chi connectivity index (χ3v) is 9.87. The van der Waals surface area contributed by atoms with Crippen molar-refractivity contribution in [1.82, 2.24) is 0 Å². The largest absolute Gasteiger partial charge is 0.472 e. The minimum absolute atomic E-state index is 0.178. The maximum Gasteiger partial charge on any atom is 0.472 e. The van der Waals surface area contributed by atoms with Crippen molar-refractivity contribution in [1.29, 1.82) is 0 Å². The lowest BCUT2D eigenvalue weighted by molar-refractivity contribution is -0.161. The minimum Gasteiger partial charge on any atom is -0.462 e. The van der Waals surface area contributed by atoms with Gasteiger partial charge in [0.1, 0.15) is 12.7 Å². The summed E-state index contributed by atoms with van der Waals surface area (Å²) >= 11 is 0. The van der Waals surface area contributed by atoms with E-state index in [0.29, 0.717) is 12.8 Å². The normalized spacial score (nSPS) is 14.1. The van der Waals surface area contributed by atoms with E-state index in [2.05, 4.69) is 30.5 Å². The number of rotatable bonds is 39. The van der Waals surface area contributed by atoms with Gasteiger partial charge in [0.25, 0.3) is 0 Å². The molecule has 3 atom stereocenters. The summed E-state index contributed by atoms with van der Waals surface area (Å²) in [6.07, 6.45) is 33.2. The number of unbranched alkanes of at least 4 members (excludes halogenated alkanes) is 23. The zero-order valence-electron chi connectivity index (χ0n) is 32.6. The number of ether oxygens (including phenoxy) is 2. The number of carbonyl (C=O) groups excluding carboxylic acids is 2. The average Bonchev–Trinajstić information content (AvgIpc) is 3.12. The number of phosphoric ester groups is 1. The fourth-order valence-corrected chi connectivity index (χ4v) is 6.48. The first-order chi connectivity index (χ1) is 24.7. The van der Waals surface area contributed by atoms with Crippen LogP contribution in [0.1, 0.15) is 194 Å². The van der Waals surface area contributed by atoms with Crippen molar-refractivity contribution in [2.75, 3.05) is 26.4 Å². The van der Waals surface area contributed by atoms with Gasteiger partial charge in [0.15, 0.2) is 6.10 Å². The molecule has 0 aromatic carbocycles. The Balaban J connectivity index is 4.32. The zero-order chi connectivity index (χ0) is 37.7. The molecule has 3 N–H and O–H groups in total. The summed E-state index contributed by atoms with van der Waals surface area (Å²) < 4.78 is 32.6. The van der Waals surface area contributed by atoms with Crippen LogP contribution in [0.5, 0.6) is 0 Å². The van der Waals surface area contributed by atoms with Crippen molar-refractivity contribution in [2.45, 2.75) is 206 Å². The van der Waals surface area contributed by atoms with Crippen LogP contribution in [0.3, 0.4) is 0 Å². The second-order valence-electron chi connectivity index (χ2n) is 14.0. The highest BCUT2D eigenvalue weighted by molar-refractivity contribution is 7.47. The van der Waals surface area contributed by atoms with Crippen LogP contribution in [0.4, 0.5) is 0 Å². The molecule has 302 valence electrons. The Morgan fingerprint density at radius 1 is 0.569 bits per heavy atom. The molecule has 0 aromatic rings. The van der Waals surface area contributed by atoms with Gasteiger partial charge in [-0.25, -0.2) is 4.57 Å². The van der Waals surface area contributed by atoms with Crippen molar-refractivity contribution >= 4 is 19.8 Å². The lowest BCUT2D eigenvalue weighted by Gasteiger charge is -2.20. The van der Waals surface area contributed by atoms with E-state index in [0.717, 1.165) is 57.8 Å². The maximum absolute atomic E-state index is 12.6. The smallest absolute Gasteiger partial charge is 0.462 e. The Labute approximate surface area is 311 Å². The summed E-state index contributed by atoms with van der Waals surface area (Å²) in [5.74, 6) is -0.927. The van der Waals surface area contributed by atoms with Crippen molar-refractivity contribution in [3.05, 3.63) is 12.2 Å². The van der Waals surface area contributed by atoms with Crippen LogP contribution in [-0.4, -0.2) is 65.7 Å². The summed E-state index contributed by atoms with van der Waals surface area (Å²) in [5, 5.41) is 18.3. The van der Waals surface area contributed by atoms with E-state index < -0.39 is 51.8 Å². The lowest BCUT2D eigenvalue weighted by atomic mass is 10.0. The number of carbonyl (C=O) groups is 2. The molecule has 0 spiro atoms. The van der Waals surface area contributed by atoms with E-state index in [1.54, 1.807) is 0 Å². The van der Waals surface area contributed by atoms with Crippen molar-refractivity contribution < 1.29 is 47.8 Å². The number of aliphatic hydroxyl groups excluding tert-OH is 2. The minimum atomic E-state index is -4.61. The summed E-state index contributed by atoms with van der Waals surface area (Å²) in [6, 6.07) is 0. The third-order valence-electron chi connectivity index (χ3n) is 8.92. The molecule has 0 saturated heterocycles. The van der Waals surface area contributed by atoms with Gasteiger partial charge < -0.3 is 24.6 Å². The van der Waals surface area contributed by atoms with Crippen LogP contribution < -0.4 is 0 Å². The first kappa shape index (κ1) is 49.7. The second kappa shape index (κ2) is 37.0. The SMILES string of the molecule is CCCCCCC/C=C/CCCCCCCC(=O)O[C@H](COC(=O)CCCCCCCCCCCCCCCC)COP(=O)(O)OC[C@@H](O)CO. The summed E-state index contributed by atoms with van der Waals surface area (Å²) in [6.45, 7) is 2.37. The number of phosphoric acid groups is 1. The van der Waals surface area contributed by atoms with E-state index in [1.807, 2.05) is 0 Å². The molecule has 0 amide bonds. The number of allylic oxidation sites excluding steroid dienone is 2. The van der Waals surface area contributed by atoms with Gasteiger partial charge in [-0.1, -0.05) is 154 Å². The lowest BCUT2D eigenvalue weighted by Crippen LogP contribution is -2.29. The Bertz CT molecular complexity index is 868. The first-order valence-corrected chi connectivity index (χ1v) is 22.1. The summed E-state index contributed by atoms with van der Waals surface area (Å²) in [7, 11) is -4.61. The molecule has 0 aromatic heterocycles. The molecule has 51 heavy (non-hydrogen) atoms. The average molecular weight is 749 g/mol. The van der Waals surface area contributed by atoms with Crippen LogP contribution in [-0.2, 0) is 32.7 Å². The second-order valence-corrected chi connectivity index (χ2v) is 15.5. The predicted octanol–water partition coefficient (Wildman–Crippen LogP) is 10.4. The molecule has 11 heteroatoms. The first-order valence-electron chi connectivity index (χ1n) is 20.6. The Hall–Kier alpha value is -1.29. The molecule has 0 aliphatic heterocycles. The van der Waals surface area contributed by atoms with Crippen molar-refractivity contribution in [3.63, 3.8) is 0 Å². The van der Waals surface area contributed by atoms with Crippen LogP contribution in [0.25, 0.3) is 0 Å². The maximum atomic E-state index is 12.6. The molecule has 0 fully saturated rings. The van der Waals surface area contributed by atoms with E-state index in [9.17, 15) is 24.2 Å². The van der Waals surface area contributed by atoms with Crippen molar-refractivity contribution in [3.8, 4) is 0 Å². The number of hydrogen-bond donors (Lipinski definition) is 3. The molecule has 0 heterocycles. The van der Waals surface area contributed by atoms with Crippen LogP contribution >= 0.6 is 7.82 Å². The van der Waals surface area contributed by atoms with E-state index in [-0.39, 0.29) is 19.4 Å². The molecular formula is C40H77O10P. The van der Waals surface area contributed by atoms with Gasteiger partial charge in [-0.05, 0) is 38.5 Å². The molecule has 0 bridgehead atoms. The highest BCUT2D eigenvalue weighted by atomic mass is 31.2. The van der Waals surface area contributed by atoms with Gasteiger partial charge in [0.2, 0.25) is 0 Å². The van der Waals surface area contributed by atoms with Crippen LogP contribution in [0, 0.1) is 0 Å².